The molecular weight excluding hydrogens is 414 g/mol. The van der Waals surface area contributed by atoms with Crippen LogP contribution >= 0.6 is 0 Å². The number of benzene rings is 3. The van der Waals surface area contributed by atoms with Crippen LogP contribution in [0.3, 0.4) is 0 Å². The van der Waals surface area contributed by atoms with Crippen molar-refractivity contribution in [3.05, 3.63) is 95.6 Å². The molecule has 172 valence electrons. The predicted molar refractivity (Wildman–Crippen MR) is 131 cm³/mol. The Labute approximate surface area is 195 Å². The lowest BCUT2D eigenvalue weighted by Gasteiger charge is -2.14. The minimum Gasteiger partial charge on any atom is -0.504 e. The van der Waals surface area contributed by atoms with Gasteiger partial charge in [-0.1, -0.05) is 73.7 Å². The summed E-state index contributed by atoms with van der Waals surface area (Å²) >= 11 is 0. The lowest BCUT2D eigenvalue weighted by Crippen LogP contribution is -2.23. The minimum atomic E-state index is -0.822. The fraction of sp³-hybridized carbons (Fsp3) is 0.259. The van der Waals surface area contributed by atoms with Gasteiger partial charge in [0.2, 0.25) is 0 Å². The van der Waals surface area contributed by atoms with Crippen LogP contribution in [0.4, 0.5) is 5.69 Å². The van der Waals surface area contributed by atoms with E-state index in [1.54, 1.807) is 18.2 Å². The van der Waals surface area contributed by atoms with E-state index in [9.17, 15) is 9.90 Å². The van der Waals surface area contributed by atoms with Gasteiger partial charge in [-0.3, -0.25) is 4.79 Å². The van der Waals surface area contributed by atoms with Gasteiger partial charge in [0.1, 0.15) is 6.07 Å². The van der Waals surface area contributed by atoms with Crippen LogP contribution in [0.25, 0.3) is 0 Å². The van der Waals surface area contributed by atoms with Gasteiger partial charge in [-0.25, -0.2) is 0 Å². The van der Waals surface area contributed by atoms with E-state index >= 15 is 0 Å². The summed E-state index contributed by atoms with van der Waals surface area (Å²) in [6, 6.07) is 26.7. The number of aliphatic carboxylic acids is 1. The third-order valence-electron chi connectivity index (χ3n) is 4.99. The lowest BCUT2D eigenvalue weighted by atomic mass is 9.98. The SMILES string of the molecule is CC(CNCCCNc1cccc(C#N)c1O)c1cccc(CC(=O)O)c1.c1ccccc1. The number of phenolic OH excluding ortho intramolecular Hbond substituents is 1. The van der Waals surface area contributed by atoms with Crippen molar-refractivity contribution < 1.29 is 15.0 Å². The van der Waals surface area contributed by atoms with Gasteiger partial charge in [-0.05, 0) is 42.1 Å². The van der Waals surface area contributed by atoms with Crippen LogP contribution in [-0.2, 0) is 11.2 Å². The van der Waals surface area contributed by atoms with Crippen molar-refractivity contribution in [2.45, 2.75) is 25.7 Å². The number of nitrogens with one attached hydrogen (secondary N) is 2. The van der Waals surface area contributed by atoms with Crippen LogP contribution in [0, 0.1) is 11.3 Å². The second-order valence-electron chi connectivity index (χ2n) is 7.67. The molecule has 6 nitrogen and oxygen atoms in total. The average Bonchev–Trinajstić information content (AvgIpc) is 2.83. The molecule has 4 N–H and O–H groups in total. The number of carbonyl (C=O) groups is 1. The third-order valence-corrected chi connectivity index (χ3v) is 4.99. The van der Waals surface area contributed by atoms with E-state index in [1.165, 1.54) is 0 Å². The summed E-state index contributed by atoms with van der Waals surface area (Å²) in [5.74, 6) is -0.553. The standard InChI is InChI=1S/C21H25N3O3.C6H6/c1-15(17-6-2-5-16(11-17)12-20(25)26)14-23-9-4-10-24-19-8-3-7-18(13-22)21(19)27;1-2-4-6-5-3-1/h2-3,5-8,11,15,23-24,27H,4,9-10,12,14H2,1H3,(H,25,26);1-6H. The molecule has 3 aromatic carbocycles. The summed E-state index contributed by atoms with van der Waals surface area (Å²) in [5, 5.41) is 34.3. The molecule has 33 heavy (non-hydrogen) atoms. The number of aromatic hydroxyl groups is 1. The van der Waals surface area contributed by atoms with Crippen LogP contribution in [0.5, 0.6) is 5.75 Å². The fourth-order valence-corrected chi connectivity index (χ4v) is 3.22. The van der Waals surface area contributed by atoms with Gasteiger partial charge < -0.3 is 20.8 Å². The van der Waals surface area contributed by atoms with Gasteiger partial charge in [-0.15, -0.1) is 0 Å². The maximum absolute atomic E-state index is 10.8. The number of carboxylic acids is 1. The Morgan fingerprint density at radius 1 is 1.00 bits per heavy atom. The molecule has 0 bridgehead atoms. The van der Waals surface area contributed by atoms with Gasteiger partial charge in [0.05, 0.1) is 17.7 Å². The highest BCUT2D eigenvalue weighted by atomic mass is 16.4. The van der Waals surface area contributed by atoms with Crippen molar-refractivity contribution in [2.75, 3.05) is 25.0 Å². The monoisotopic (exact) mass is 445 g/mol. The lowest BCUT2D eigenvalue weighted by molar-refractivity contribution is -0.136. The number of carboxylic acid groups (broad SMARTS) is 1. The smallest absolute Gasteiger partial charge is 0.307 e. The maximum atomic E-state index is 10.8. The molecule has 0 aliphatic rings. The molecule has 0 aliphatic heterocycles. The molecule has 0 amide bonds. The molecule has 1 atom stereocenters. The molecular formula is C27H31N3O3. The van der Waals surface area contributed by atoms with Crippen LogP contribution in [0.1, 0.15) is 36.0 Å². The molecule has 0 fully saturated rings. The zero-order chi connectivity index (χ0) is 23.9. The van der Waals surface area contributed by atoms with Gasteiger partial charge in [0.25, 0.3) is 0 Å². The number of nitriles is 1. The molecule has 3 rings (SSSR count). The molecule has 0 aliphatic carbocycles. The van der Waals surface area contributed by atoms with E-state index < -0.39 is 5.97 Å². The maximum Gasteiger partial charge on any atom is 0.307 e. The van der Waals surface area contributed by atoms with Crippen LogP contribution < -0.4 is 10.6 Å². The van der Waals surface area contributed by atoms with Crippen molar-refractivity contribution >= 4 is 11.7 Å². The number of nitrogens with zero attached hydrogens (tertiary/aromatic N) is 1. The second-order valence-corrected chi connectivity index (χ2v) is 7.67. The summed E-state index contributed by atoms with van der Waals surface area (Å²) in [7, 11) is 0. The van der Waals surface area contributed by atoms with Gasteiger partial charge >= 0.3 is 5.97 Å². The highest BCUT2D eigenvalue weighted by molar-refractivity contribution is 5.70. The minimum absolute atomic E-state index is 0.0113. The molecule has 3 aromatic rings. The first-order valence-electron chi connectivity index (χ1n) is 11.0. The second kappa shape index (κ2) is 14.3. The van der Waals surface area contributed by atoms with Crippen molar-refractivity contribution in [1.29, 1.82) is 5.26 Å². The zero-order valence-electron chi connectivity index (χ0n) is 18.9. The highest BCUT2D eigenvalue weighted by Gasteiger charge is 2.08. The van der Waals surface area contributed by atoms with Crippen molar-refractivity contribution in [3.8, 4) is 11.8 Å². The largest absolute Gasteiger partial charge is 0.504 e. The van der Waals surface area contributed by atoms with Crippen LogP contribution in [0.2, 0.25) is 0 Å². The van der Waals surface area contributed by atoms with E-state index in [1.807, 2.05) is 66.7 Å². The van der Waals surface area contributed by atoms with E-state index in [0.717, 1.165) is 30.6 Å². The molecule has 0 saturated heterocycles. The number of anilines is 1. The van der Waals surface area contributed by atoms with Crippen molar-refractivity contribution in [1.82, 2.24) is 5.32 Å². The molecule has 6 heteroatoms. The van der Waals surface area contributed by atoms with Crippen LogP contribution in [-0.4, -0.2) is 35.8 Å². The molecule has 0 aromatic heterocycles. The van der Waals surface area contributed by atoms with Gasteiger partial charge in [0, 0.05) is 13.1 Å². The van der Waals surface area contributed by atoms with Crippen molar-refractivity contribution in [3.63, 3.8) is 0 Å². The van der Waals surface area contributed by atoms with Crippen molar-refractivity contribution in [2.24, 2.45) is 0 Å². The summed E-state index contributed by atoms with van der Waals surface area (Å²) in [5.41, 5.74) is 2.77. The molecule has 0 radical (unpaired) electrons. The Bertz CT molecular complexity index is 1010. The number of hydrogen-bond donors (Lipinski definition) is 4. The first-order valence-corrected chi connectivity index (χ1v) is 11.0. The van der Waals surface area contributed by atoms with Gasteiger partial charge in [0.15, 0.2) is 5.75 Å². The average molecular weight is 446 g/mol. The number of para-hydroxylation sites is 1. The van der Waals surface area contributed by atoms with E-state index in [0.29, 0.717) is 12.2 Å². The molecule has 0 saturated carbocycles. The highest BCUT2D eigenvalue weighted by Crippen LogP contribution is 2.26. The van der Waals surface area contributed by atoms with Crippen LogP contribution in [0.15, 0.2) is 78.9 Å². The first-order chi connectivity index (χ1) is 16.0. The summed E-state index contributed by atoms with van der Waals surface area (Å²) in [6.45, 7) is 4.39. The van der Waals surface area contributed by atoms with E-state index in [2.05, 4.69) is 17.6 Å². The Hall–Kier alpha value is -3.82. The molecule has 0 spiro atoms. The summed E-state index contributed by atoms with van der Waals surface area (Å²) in [6.07, 6.45) is 0.904. The normalized spacial score (nSPS) is 10.9. The Balaban J connectivity index is 0.000000554. The third kappa shape index (κ3) is 9.46. The molecule has 1 unspecified atom stereocenters. The Morgan fingerprint density at radius 3 is 2.30 bits per heavy atom. The number of hydrogen-bond acceptors (Lipinski definition) is 5. The van der Waals surface area contributed by atoms with E-state index in [4.69, 9.17) is 10.4 Å². The first kappa shape index (κ1) is 25.4. The summed E-state index contributed by atoms with van der Waals surface area (Å²) in [4.78, 5) is 10.8. The number of phenols is 1. The topological polar surface area (TPSA) is 105 Å². The van der Waals surface area contributed by atoms with Gasteiger partial charge in [-0.2, -0.15) is 5.26 Å². The Morgan fingerprint density at radius 2 is 1.67 bits per heavy atom. The molecule has 0 heterocycles. The fourth-order valence-electron chi connectivity index (χ4n) is 3.22. The Kier molecular flexibility index (Phi) is 11.0. The predicted octanol–water partition coefficient (Wildman–Crippen LogP) is 4.77. The quantitative estimate of drug-likeness (QED) is 0.265. The zero-order valence-corrected chi connectivity index (χ0v) is 18.9. The number of rotatable bonds is 10. The summed E-state index contributed by atoms with van der Waals surface area (Å²) < 4.78 is 0. The van der Waals surface area contributed by atoms with E-state index in [-0.39, 0.29) is 23.7 Å².